The summed E-state index contributed by atoms with van der Waals surface area (Å²) in [5, 5.41) is 7.35. The quantitative estimate of drug-likeness (QED) is 0.755. The number of benzene rings is 2. The van der Waals surface area contributed by atoms with Crippen LogP contribution in [0.15, 0.2) is 52.9 Å². The van der Waals surface area contributed by atoms with Gasteiger partial charge < -0.3 is 19.8 Å². The normalized spacial score (nSPS) is 15.1. The number of rotatable bonds is 4. The van der Waals surface area contributed by atoms with Gasteiger partial charge in [-0.05, 0) is 43.6 Å². The maximum Gasteiger partial charge on any atom is 0.287 e. The van der Waals surface area contributed by atoms with Gasteiger partial charge in [0.05, 0.1) is 7.11 Å². The Morgan fingerprint density at radius 1 is 1.15 bits per heavy atom. The first-order valence-electron chi connectivity index (χ1n) is 8.94. The Kier molecular flexibility index (Phi) is 4.63. The van der Waals surface area contributed by atoms with E-state index < -0.39 is 0 Å². The Balaban J connectivity index is 1.77. The third-order valence-corrected chi connectivity index (χ3v) is 4.84. The summed E-state index contributed by atoms with van der Waals surface area (Å²) in [6, 6.07) is 15.7. The molecule has 2 N–H and O–H groups in total. The summed E-state index contributed by atoms with van der Waals surface area (Å²) in [7, 11) is 1.62. The molecule has 2 aromatic carbocycles. The Bertz CT molecular complexity index is 912. The summed E-state index contributed by atoms with van der Waals surface area (Å²) >= 11 is 0. The van der Waals surface area contributed by atoms with Gasteiger partial charge in [-0.15, -0.1) is 0 Å². The SMILES string of the molecule is COc1ccc2c(-c3ccccc3)c(C(=O)NC3CCNCC3)oc2c1. The second-order valence-electron chi connectivity index (χ2n) is 6.53. The molecule has 1 saturated heterocycles. The number of ether oxygens (including phenoxy) is 1. The molecule has 1 aromatic heterocycles. The lowest BCUT2D eigenvalue weighted by Crippen LogP contribution is -2.42. The van der Waals surface area contributed by atoms with Crippen molar-refractivity contribution in [3.8, 4) is 16.9 Å². The monoisotopic (exact) mass is 350 g/mol. The standard InChI is InChI=1S/C21H22N2O3/c1-25-16-7-8-17-18(13-16)26-20(19(17)14-5-3-2-4-6-14)21(24)23-15-9-11-22-12-10-15/h2-8,13,15,22H,9-12H2,1H3,(H,23,24). The van der Waals surface area contributed by atoms with E-state index in [1.54, 1.807) is 7.11 Å². The number of fused-ring (bicyclic) bond motifs is 1. The molecule has 1 aliphatic heterocycles. The first-order chi connectivity index (χ1) is 12.8. The van der Waals surface area contributed by atoms with Gasteiger partial charge in [0.2, 0.25) is 5.76 Å². The van der Waals surface area contributed by atoms with Gasteiger partial charge in [0.15, 0.2) is 0 Å². The molecular formula is C21H22N2O3. The van der Waals surface area contributed by atoms with E-state index in [9.17, 15) is 4.79 Å². The molecule has 1 amide bonds. The highest BCUT2D eigenvalue weighted by atomic mass is 16.5. The van der Waals surface area contributed by atoms with Crippen LogP contribution < -0.4 is 15.4 Å². The van der Waals surface area contributed by atoms with Crippen molar-refractivity contribution in [2.75, 3.05) is 20.2 Å². The highest BCUT2D eigenvalue weighted by Gasteiger charge is 2.24. The van der Waals surface area contributed by atoms with Crippen molar-refractivity contribution in [3.63, 3.8) is 0 Å². The molecule has 1 fully saturated rings. The molecule has 5 nitrogen and oxygen atoms in total. The van der Waals surface area contributed by atoms with E-state index in [0.29, 0.717) is 17.1 Å². The molecule has 3 aromatic rings. The molecule has 0 atom stereocenters. The second-order valence-corrected chi connectivity index (χ2v) is 6.53. The fraction of sp³-hybridized carbons (Fsp3) is 0.286. The van der Waals surface area contributed by atoms with Crippen molar-refractivity contribution >= 4 is 16.9 Å². The molecule has 2 heterocycles. The van der Waals surface area contributed by atoms with E-state index >= 15 is 0 Å². The summed E-state index contributed by atoms with van der Waals surface area (Å²) in [5.74, 6) is 0.903. The van der Waals surface area contributed by atoms with Crippen LogP contribution in [0.5, 0.6) is 5.75 Å². The molecule has 0 saturated carbocycles. The third-order valence-electron chi connectivity index (χ3n) is 4.84. The zero-order chi connectivity index (χ0) is 17.9. The van der Waals surface area contributed by atoms with Crippen molar-refractivity contribution in [3.05, 3.63) is 54.3 Å². The average Bonchev–Trinajstić information content (AvgIpc) is 3.08. The predicted octanol–water partition coefficient (Wildman–Crippen LogP) is 3.59. The topological polar surface area (TPSA) is 63.5 Å². The minimum atomic E-state index is -0.161. The zero-order valence-corrected chi connectivity index (χ0v) is 14.7. The molecule has 1 aliphatic rings. The summed E-state index contributed by atoms with van der Waals surface area (Å²) < 4.78 is 11.3. The summed E-state index contributed by atoms with van der Waals surface area (Å²) in [6.07, 6.45) is 1.86. The van der Waals surface area contributed by atoms with Crippen LogP contribution in [0.25, 0.3) is 22.1 Å². The number of hydrogen-bond acceptors (Lipinski definition) is 4. The number of hydrogen-bond donors (Lipinski definition) is 2. The van der Waals surface area contributed by atoms with Gasteiger partial charge in [0.25, 0.3) is 5.91 Å². The Morgan fingerprint density at radius 3 is 2.65 bits per heavy atom. The van der Waals surface area contributed by atoms with E-state index in [0.717, 1.165) is 42.4 Å². The Labute approximate surface area is 152 Å². The van der Waals surface area contributed by atoms with Gasteiger partial charge in [-0.3, -0.25) is 4.79 Å². The van der Waals surface area contributed by atoms with Crippen molar-refractivity contribution in [2.24, 2.45) is 0 Å². The molecule has 0 spiro atoms. The lowest BCUT2D eigenvalue weighted by molar-refractivity contribution is 0.0904. The van der Waals surface area contributed by atoms with E-state index in [-0.39, 0.29) is 11.9 Å². The van der Waals surface area contributed by atoms with Crippen LogP contribution in [0.1, 0.15) is 23.4 Å². The molecule has 134 valence electrons. The van der Waals surface area contributed by atoms with E-state index in [1.807, 2.05) is 48.5 Å². The van der Waals surface area contributed by atoms with Crippen LogP contribution in [0, 0.1) is 0 Å². The van der Waals surface area contributed by atoms with Gasteiger partial charge in [-0.1, -0.05) is 30.3 Å². The molecule has 0 aliphatic carbocycles. The van der Waals surface area contributed by atoms with Crippen LogP contribution >= 0.6 is 0 Å². The van der Waals surface area contributed by atoms with Crippen molar-refractivity contribution < 1.29 is 13.9 Å². The van der Waals surface area contributed by atoms with E-state index in [2.05, 4.69) is 10.6 Å². The number of carbonyl (C=O) groups is 1. The Morgan fingerprint density at radius 2 is 1.92 bits per heavy atom. The predicted molar refractivity (Wildman–Crippen MR) is 102 cm³/mol. The van der Waals surface area contributed by atoms with Crippen LogP contribution in [0.3, 0.4) is 0 Å². The number of amides is 1. The van der Waals surface area contributed by atoms with Gasteiger partial charge in [-0.25, -0.2) is 0 Å². The van der Waals surface area contributed by atoms with Crippen LogP contribution in [0.4, 0.5) is 0 Å². The first kappa shape index (κ1) is 16.7. The molecule has 5 heteroatoms. The lowest BCUT2D eigenvalue weighted by Gasteiger charge is -2.23. The van der Waals surface area contributed by atoms with Crippen molar-refractivity contribution in [1.82, 2.24) is 10.6 Å². The fourth-order valence-corrected chi connectivity index (χ4v) is 3.47. The highest BCUT2D eigenvalue weighted by Crippen LogP contribution is 2.36. The largest absolute Gasteiger partial charge is 0.497 e. The smallest absolute Gasteiger partial charge is 0.287 e. The number of furan rings is 1. The second kappa shape index (κ2) is 7.22. The molecule has 4 rings (SSSR count). The van der Waals surface area contributed by atoms with E-state index in [4.69, 9.17) is 9.15 Å². The maximum absolute atomic E-state index is 13.0. The van der Waals surface area contributed by atoms with E-state index in [1.165, 1.54) is 0 Å². The third kappa shape index (κ3) is 3.18. The number of methoxy groups -OCH3 is 1. The van der Waals surface area contributed by atoms with Crippen molar-refractivity contribution in [1.29, 1.82) is 0 Å². The first-order valence-corrected chi connectivity index (χ1v) is 8.94. The Hall–Kier alpha value is -2.79. The fourth-order valence-electron chi connectivity index (χ4n) is 3.47. The van der Waals surface area contributed by atoms with Gasteiger partial charge in [0, 0.05) is 23.1 Å². The molecule has 0 unspecified atom stereocenters. The van der Waals surface area contributed by atoms with Crippen LogP contribution in [-0.4, -0.2) is 32.1 Å². The number of nitrogens with one attached hydrogen (secondary N) is 2. The zero-order valence-electron chi connectivity index (χ0n) is 14.7. The molecule has 26 heavy (non-hydrogen) atoms. The number of carbonyl (C=O) groups excluding carboxylic acids is 1. The maximum atomic E-state index is 13.0. The summed E-state index contributed by atoms with van der Waals surface area (Å²) in [6.45, 7) is 1.85. The summed E-state index contributed by atoms with van der Waals surface area (Å²) in [5.41, 5.74) is 2.44. The minimum absolute atomic E-state index is 0.161. The summed E-state index contributed by atoms with van der Waals surface area (Å²) in [4.78, 5) is 13.0. The highest BCUT2D eigenvalue weighted by molar-refractivity contribution is 6.08. The molecule has 0 bridgehead atoms. The van der Waals surface area contributed by atoms with Gasteiger partial charge in [-0.2, -0.15) is 0 Å². The van der Waals surface area contributed by atoms with Crippen molar-refractivity contribution in [2.45, 2.75) is 18.9 Å². The number of piperidine rings is 1. The van der Waals surface area contributed by atoms with Crippen LogP contribution in [-0.2, 0) is 0 Å². The molecule has 0 radical (unpaired) electrons. The van der Waals surface area contributed by atoms with Gasteiger partial charge >= 0.3 is 0 Å². The van der Waals surface area contributed by atoms with Gasteiger partial charge in [0.1, 0.15) is 11.3 Å². The lowest BCUT2D eigenvalue weighted by atomic mass is 10.0. The minimum Gasteiger partial charge on any atom is -0.497 e. The molecular weight excluding hydrogens is 328 g/mol. The average molecular weight is 350 g/mol. The van der Waals surface area contributed by atoms with Crippen LogP contribution in [0.2, 0.25) is 0 Å².